The number of nitrogens with zero attached hydrogens (tertiary/aromatic N) is 2. The summed E-state index contributed by atoms with van der Waals surface area (Å²) in [5.41, 5.74) is 1.30. The van der Waals surface area contributed by atoms with Crippen LogP contribution in [0.15, 0.2) is 18.3 Å². The molecule has 1 atom stereocenters. The molecule has 1 aliphatic heterocycles. The third-order valence-electron chi connectivity index (χ3n) is 3.56. The topological polar surface area (TPSA) is 28.2 Å². The van der Waals surface area contributed by atoms with Crippen molar-refractivity contribution in [2.75, 3.05) is 26.2 Å². The van der Waals surface area contributed by atoms with Crippen LogP contribution in [0.4, 0.5) is 0 Å². The Balaban J connectivity index is 0.00000180. The fourth-order valence-electron chi connectivity index (χ4n) is 2.54. The maximum Gasteiger partial charge on any atom is 0.129 e. The number of rotatable bonds is 5. The van der Waals surface area contributed by atoms with Gasteiger partial charge in [0, 0.05) is 38.4 Å². The molecule has 0 saturated carbocycles. The monoisotopic (exact) mass is 339 g/mol. The van der Waals surface area contributed by atoms with Crippen molar-refractivity contribution >= 4 is 36.4 Å². The molecule has 1 fully saturated rings. The molecule has 3 nitrogen and oxygen atoms in total. The molecule has 0 bridgehead atoms. The van der Waals surface area contributed by atoms with E-state index in [9.17, 15) is 0 Å². The summed E-state index contributed by atoms with van der Waals surface area (Å²) in [5.74, 6) is 0. The van der Waals surface area contributed by atoms with Crippen LogP contribution in [0, 0.1) is 0 Å². The highest BCUT2D eigenvalue weighted by molar-refractivity contribution is 6.29. The molecule has 0 spiro atoms. The Labute approximate surface area is 139 Å². The molecule has 0 unspecified atom stereocenters. The Morgan fingerprint density at radius 3 is 2.55 bits per heavy atom. The number of hydrogen-bond donors (Lipinski definition) is 1. The van der Waals surface area contributed by atoms with Crippen molar-refractivity contribution in [3.8, 4) is 0 Å². The second kappa shape index (κ2) is 10.6. The van der Waals surface area contributed by atoms with E-state index >= 15 is 0 Å². The molecule has 1 aromatic heterocycles. The largest absolute Gasteiger partial charge is 0.314 e. The number of aromatic nitrogens is 1. The lowest BCUT2D eigenvalue weighted by Gasteiger charge is -2.35. The molecule has 1 N–H and O–H groups in total. The van der Waals surface area contributed by atoms with E-state index in [4.69, 9.17) is 11.6 Å². The first-order valence-corrected chi connectivity index (χ1v) is 7.25. The Morgan fingerprint density at radius 2 is 2.00 bits per heavy atom. The first kappa shape index (κ1) is 19.9. The van der Waals surface area contributed by atoms with Crippen molar-refractivity contribution in [2.45, 2.75) is 32.2 Å². The third kappa shape index (κ3) is 5.74. The Kier molecular flexibility index (Phi) is 10.6. The number of piperazine rings is 1. The van der Waals surface area contributed by atoms with Crippen LogP contribution in [-0.4, -0.2) is 36.1 Å². The number of hydrogen-bond acceptors (Lipinski definition) is 3. The van der Waals surface area contributed by atoms with Crippen molar-refractivity contribution in [3.63, 3.8) is 0 Å². The van der Waals surface area contributed by atoms with E-state index in [1.807, 2.05) is 12.3 Å². The van der Waals surface area contributed by atoms with Gasteiger partial charge in [-0.05, 0) is 18.1 Å². The molecule has 116 valence electrons. The fourth-order valence-corrected chi connectivity index (χ4v) is 2.65. The van der Waals surface area contributed by atoms with Crippen LogP contribution in [0.3, 0.4) is 0 Å². The summed E-state index contributed by atoms with van der Waals surface area (Å²) in [6.07, 6.45) is 5.64. The van der Waals surface area contributed by atoms with Gasteiger partial charge in [-0.15, -0.1) is 24.8 Å². The normalized spacial score (nSPS) is 16.9. The molecule has 2 heterocycles. The van der Waals surface area contributed by atoms with Crippen LogP contribution in [0.2, 0.25) is 5.15 Å². The Morgan fingerprint density at radius 1 is 1.30 bits per heavy atom. The second-order valence-electron chi connectivity index (χ2n) is 4.86. The van der Waals surface area contributed by atoms with Gasteiger partial charge in [0.1, 0.15) is 5.15 Å². The molecule has 0 aromatic carbocycles. The molecular weight excluding hydrogens is 317 g/mol. The lowest BCUT2D eigenvalue weighted by Crippen LogP contribution is -2.45. The van der Waals surface area contributed by atoms with Crippen molar-refractivity contribution < 1.29 is 0 Å². The first-order chi connectivity index (χ1) is 8.81. The van der Waals surface area contributed by atoms with Crippen molar-refractivity contribution in [3.05, 3.63) is 29.0 Å². The van der Waals surface area contributed by atoms with Crippen LogP contribution >= 0.6 is 36.4 Å². The van der Waals surface area contributed by atoms with Gasteiger partial charge in [-0.1, -0.05) is 37.4 Å². The molecular formula is C14H24Cl3N3. The van der Waals surface area contributed by atoms with Gasteiger partial charge in [-0.2, -0.15) is 0 Å². The predicted octanol–water partition coefficient (Wildman–Crippen LogP) is 3.72. The van der Waals surface area contributed by atoms with E-state index in [0.717, 1.165) is 26.2 Å². The molecule has 6 heteroatoms. The van der Waals surface area contributed by atoms with Crippen LogP contribution < -0.4 is 5.32 Å². The number of pyridine rings is 1. The van der Waals surface area contributed by atoms with Gasteiger partial charge in [0.05, 0.1) is 0 Å². The third-order valence-corrected chi connectivity index (χ3v) is 3.78. The standard InChI is InChI=1S/C14H22ClN3.2ClH/c1-2-3-4-13(18-9-7-16-8-10-18)12-5-6-14(15)17-11-12;;/h5-6,11,13,16H,2-4,7-10H2,1H3;2*1H/t13-;;/m0../s1. The van der Waals surface area contributed by atoms with Crippen LogP contribution in [0.5, 0.6) is 0 Å². The van der Waals surface area contributed by atoms with E-state index in [1.165, 1.54) is 24.8 Å². The van der Waals surface area contributed by atoms with Gasteiger partial charge in [0.2, 0.25) is 0 Å². The molecule has 1 aromatic rings. The fraction of sp³-hybridized carbons (Fsp3) is 0.643. The summed E-state index contributed by atoms with van der Waals surface area (Å²) in [7, 11) is 0. The van der Waals surface area contributed by atoms with E-state index < -0.39 is 0 Å². The lowest BCUT2D eigenvalue weighted by atomic mass is 10.0. The van der Waals surface area contributed by atoms with Gasteiger partial charge in [-0.25, -0.2) is 4.98 Å². The number of halogens is 3. The molecule has 0 amide bonds. The zero-order valence-electron chi connectivity index (χ0n) is 11.8. The minimum absolute atomic E-state index is 0. The van der Waals surface area contributed by atoms with Crippen molar-refractivity contribution in [2.24, 2.45) is 0 Å². The van der Waals surface area contributed by atoms with E-state index in [1.54, 1.807) is 0 Å². The summed E-state index contributed by atoms with van der Waals surface area (Å²) < 4.78 is 0. The lowest BCUT2D eigenvalue weighted by molar-refractivity contribution is 0.163. The summed E-state index contributed by atoms with van der Waals surface area (Å²) in [5, 5.41) is 3.98. The minimum atomic E-state index is 0. The molecule has 0 radical (unpaired) electrons. The molecule has 0 aliphatic carbocycles. The highest BCUT2D eigenvalue weighted by atomic mass is 35.5. The molecule has 20 heavy (non-hydrogen) atoms. The van der Waals surface area contributed by atoms with Crippen LogP contribution in [-0.2, 0) is 0 Å². The van der Waals surface area contributed by atoms with Crippen LogP contribution in [0.25, 0.3) is 0 Å². The zero-order valence-corrected chi connectivity index (χ0v) is 14.2. The molecule has 2 rings (SSSR count). The second-order valence-corrected chi connectivity index (χ2v) is 5.25. The summed E-state index contributed by atoms with van der Waals surface area (Å²) in [6.45, 7) is 6.66. The van der Waals surface area contributed by atoms with Gasteiger partial charge >= 0.3 is 0 Å². The summed E-state index contributed by atoms with van der Waals surface area (Å²) >= 11 is 5.87. The quantitative estimate of drug-likeness (QED) is 0.828. The predicted molar refractivity (Wildman–Crippen MR) is 90.5 cm³/mol. The number of nitrogens with one attached hydrogen (secondary N) is 1. The van der Waals surface area contributed by atoms with Crippen LogP contribution in [0.1, 0.15) is 37.8 Å². The average molecular weight is 341 g/mol. The highest BCUT2D eigenvalue weighted by Crippen LogP contribution is 2.26. The van der Waals surface area contributed by atoms with E-state index in [-0.39, 0.29) is 24.8 Å². The zero-order chi connectivity index (χ0) is 12.8. The maximum absolute atomic E-state index is 5.87. The summed E-state index contributed by atoms with van der Waals surface area (Å²) in [6, 6.07) is 4.52. The maximum atomic E-state index is 5.87. The van der Waals surface area contributed by atoms with E-state index in [0.29, 0.717) is 11.2 Å². The SMILES string of the molecule is CCCC[C@@H](c1ccc(Cl)nc1)N1CCNCC1.Cl.Cl. The van der Waals surface area contributed by atoms with Crippen molar-refractivity contribution in [1.29, 1.82) is 0 Å². The molecule has 1 saturated heterocycles. The number of unbranched alkanes of at least 4 members (excludes halogenated alkanes) is 1. The van der Waals surface area contributed by atoms with Gasteiger partial charge in [0.25, 0.3) is 0 Å². The van der Waals surface area contributed by atoms with Gasteiger partial charge in [0.15, 0.2) is 0 Å². The van der Waals surface area contributed by atoms with Gasteiger partial charge < -0.3 is 5.32 Å². The van der Waals surface area contributed by atoms with Gasteiger partial charge in [-0.3, -0.25) is 4.90 Å². The first-order valence-electron chi connectivity index (χ1n) is 6.87. The highest BCUT2D eigenvalue weighted by Gasteiger charge is 2.21. The minimum Gasteiger partial charge on any atom is -0.314 e. The smallest absolute Gasteiger partial charge is 0.129 e. The van der Waals surface area contributed by atoms with E-state index in [2.05, 4.69) is 28.2 Å². The average Bonchev–Trinajstić information content (AvgIpc) is 2.42. The Bertz CT molecular complexity index is 353. The summed E-state index contributed by atoms with van der Waals surface area (Å²) in [4.78, 5) is 6.79. The molecule has 1 aliphatic rings. The van der Waals surface area contributed by atoms with Crippen molar-refractivity contribution in [1.82, 2.24) is 15.2 Å². The Hall–Kier alpha value is -0.0600.